The quantitative estimate of drug-likeness (QED) is 0.611. The molecular formula is C21H22FN3O2S. The van der Waals surface area contributed by atoms with Gasteiger partial charge in [0, 0.05) is 24.5 Å². The van der Waals surface area contributed by atoms with E-state index in [1.165, 1.54) is 23.7 Å². The molecule has 0 spiro atoms. The fourth-order valence-corrected chi connectivity index (χ4v) is 3.05. The molecule has 0 bridgehead atoms. The summed E-state index contributed by atoms with van der Waals surface area (Å²) in [4.78, 5) is 16.2. The van der Waals surface area contributed by atoms with Gasteiger partial charge in [-0.15, -0.1) is 0 Å². The molecule has 0 radical (unpaired) electrons. The Morgan fingerprint density at radius 1 is 1.11 bits per heavy atom. The highest BCUT2D eigenvalue weighted by molar-refractivity contribution is 7.07. The highest BCUT2D eigenvalue weighted by atomic mass is 32.1. The summed E-state index contributed by atoms with van der Waals surface area (Å²) in [6, 6.07) is 13.6. The minimum Gasteiger partial charge on any atom is -0.430 e. The fraction of sp³-hybridized carbons (Fsp3) is 0.286. The van der Waals surface area contributed by atoms with E-state index in [0.29, 0.717) is 42.1 Å². The van der Waals surface area contributed by atoms with Gasteiger partial charge in [0.05, 0.1) is 6.42 Å². The van der Waals surface area contributed by atoms with E-state index in [1.807, 2.05) is 24.3 Å². The second-order valence-corrected chi connectivity index (χ2v) is 7.61. The molecule has 7 heteroatoms. The van der Waals surface area contributed by atoms with Crippen LogP contribution in [0.1, 0.15) is 30.8 Å². The molecule has 0 aliphatic carbocycles. The molecule has 2 aromatic carbocycles. The van der Waals surface area contributed by atoms with Crippen LogP contribution in [-0.4, -0.2) is 21.8 Å². The van der Waals surface area contributed by atoms with E-state index >= 15 is 0 Å². The lowest BCUT2D eigenvalue weighted by molar-refractivity contribution is -0.120. The molecule has 0 atom stereocenters. The van der Waals surface area contributed by atoms with Crippen LogP contribution in [0.25, 0.3) is 0 Å². The molecule has 1 heterocycles. The van der Waals surface area contributed by atoms with E-state index in [9.17, 15) is 9.18 Å². The number of benzene rings is 2. The molecule has 0 aliphatic rings. The number of hydrogen-bond acceptors (Lipinski definition) is 5. The number of carbonyl (C=O) groups is 1. The van der Waals surface area contributed by atoms with Gasteiger partial charge in [-0.2, -0.15) is 9.36 Å². The summed E-state index contributed by atoms with van der Waals surface area (Å²) in [6.07, 6.45) is 0.859. The van der Waals surface area contributed by atoms with Crippen molar-refractivity contribution in [3.05, 3.63) is 71.3 Å². The van der Waals surface area contributed by atoms with E-state index < -0.39 is 0 Å². The highest BCUT2D eigenvalue weighted by Crippen LogP contribution is 2.24. The topological polar surface area (TPSA) is 64.1 Å². The average Bonchev–Trinajstić information content (AvgIpc) is 3.10. The van der Waals surface area contributed by atoms with Crippen LogP contribution in [0.4, 0.5) is 4.39 Å². The first-order valence-electron chi connectivity index (χ1n) is 9.08. The number of ether oxygens (including phenoxy) is 1. The zero-order valence-electron chi connectivity index (χ0n) is 15.8. The maximum absolute atomic E-state index is 13.0. The lowest BCUT2D eigenvalue weighted by Crippen LogP contribution is -2.28. The fourth-order valence-electron chi connectivity index (χ4n) is 2.48. The molecular weight excluding hydrogens is 377 g/mol. The molecule has 0 aliphatic heterocycles. The normalized spacial score (nSPS) is 10.9. The summed E-state index contributed by atoms with van der Waals surface area (Å²) in [5.41, 5.74) is 1.86. The largest absolute Gasteiger partial charge is 0.430 e. The van der Waals surface area contributed by atoms with Crippen molar-refractivity contribution in [1.29, 1.82) is 0 Å². The van der Waals surface area contributed by atoms with Crippen LogP contribution in [0.5, 0.6) is 10.9 Å². The molecule has 28 heavy (non-hydrogen) atoms. The van der Waals surface area contributed by atoms with Gasteiger partial charge in [0.25, 0.3) is 5.19 Å². The number of nitrogens with zero attached hydrogens (tertiary/aromatic N) is 2. The third-order valence-electron chi connectivity index (χ3n) is 3.93. The second-order valence-electron chi connectivity index (χ2n) is 6.90. The van der Waals surface area contributed by atoms with Crippen molar-refractivity contribution in [1.82, 2.24) is 14.7 Å². The Morgan fingerprint density at radius 3 is 2.46 bits per heavy atom. The van der Waals surface area contributed by atoms with E-state index in [0.717, 1.165) is 11.1 Å². The minimum atomic E-state index is -0.264. The van der Waals surface area contributed by atoms with E-state index in [4.69, 9.17) is 4.74 Å². The minimum absolute atomic E-state index is 0.0110. The van der Waals surface area contributed by atoms with Gasteiger partial charge in [-0.05, 0) is 41.3 Å². The molecule has 1 N–H and O–H groups in total. The average molecular weight is 399 g/mol. The molecule has 0 saturated heterocycles. The summed E-state index contributed by atoms with van der Waals surface area (Å²) >= 11 is 1.17. The Bertz CT molecular complexity index is 908. The van der Waals surface area contributed by atoms with Crippen molar-refractivity contribution in [3.63, 3.8) is 0 Å². The van der Waals surface area contributed by atoms with Gasteiger partial charge in [0.15, 0.2) is 5.82 Å². The van der Waals surface area contributed by atoms with Crippen molar-refractivity contribution in [3.8, 4) is 10.9 Å². The number of rotatable bonds is 8. The van der Waals surface area contributed by atoms with Crippen LogP contribution in [0.2, 0.25) is 0 Å². The first-order chi connectivity index (χ1) is 13.5. The van der Waals surface area contributed by atoms with Crippen molar-refractivity contribution in [2.75, 3.05) is 6.54 Å². The van der Waals surface area contributed by atoms with Crippen LogP contribution >= 0.6 is 11.5 Å². The van der Waals surface area contributed by atoms with Crippen molar-refractivity contribution in [2.24, 2.45) is 5.92 Å². The maximum Gasteiger partial charge on any atom is 0.298 e. The van der Waals surface area contributed by atoms with Crippen LogP contribution in [0.15, 0.2) is 48.5 Å². The summed E-state index contributed by atoms with van der Waals surface area (Å²) < 4.78 is 23.0. The summed E-state index contributed by atoms with van der Waals surface area (Å²) in [6.45, 7) is 4.80. The molecule has 1 aromatic heterocycles. The SMILES string of the molecule is CC(C)CNC(=O)Cc1ccc(Oc2nc(Cc3ccc(F)cc3)ns2)cc1. The monoisotopic (exact) mass is 399 g/mol. The van der Waals surface area contributed by atoms with Crippen LogP contribution in [0.3, 0.4) is 0 Å². The maximum atomic E-state index is 13.0. The summed E-state index contributed by atoms with van der Waals surface area (Å²) in [5, 5.41) is 3.35. The van der Waals surface area contributed by atoms with Crippen LogP contribution in [0, 0.1) is 11.7 Å². The number of carbonyl (C=O) groups excluding carboxylic acids is 1. The number of aromatic nitrogens is 2. The molecule has 5 nitrogen and oxygen atoms in total. The van der Waals surface area contributed by atoms with Crippen LogP contribution in [-0.2, 0) is 17.6 Å². The zero-order valence-corrected chi connectivity index (χ0v) is 16.6. The first kappa shape index (κ1) is 19.9. The van der Waals surface area contributed by atoms with Crippen molar-refractivity contribution in [2.45, 2.75) is 26.7 Å². The number of amides is 1. The predicted molar refractivity (Wildman–Crippen MR) is 107 cm³/mol. The van der Waals surface area contributed by atoms with Gasteiger partial charge in [-0.1, -0.05) is 38.1 Å². The molecule has 0 fully saturated rings. The molecule has 0 saturated carbocycles. The molecule has 146 valence electrons. The van der Waals surface area contributed by atoms with E-state index in [2.05, 4.69) is 28.5 Å². The van der Waals surface area contributed by atoms with Gasteiger partial charge in [0.2, 0.25) is 5.91 Å². The Labute approximate surface area is 167 Å². The number of halogens is 1. The van der Waals surface area contributed by atoms with Gasteiger partial charge in [-0.25, -0.2) is 4.39 Å². The van der Waals surface area contributed by atoms with Crippen molar-refractivity contribution >= 4 is 17.4 Å². The zero-order chi connectivity index (χ0) is 19.9. The third kappa shape index (κ3) is 6.13. The summed E-state index contributed by atoms with van der Waals surface area (Å²) in [5.74, 6) is 1.44. The number of hydrogen-bond donors (Lipinski definition) is 1. The number of nitrogens with one attached hydrogen (secondary N) is 1. The Balaban J connectivity index is 1.53. The standard InChI is InChI=1S/C21H22FN3O2S/c1-14(2)13-23-20(26)12-16-5-9-18(10-6-16)27-21-24-19(25-28-21)11-15-3-7-17(22)8-4-15/h3-10,14H,11-13H2,1-2H3,(H,23,26). The second kappa shape index (κ2) is 9.41. The Kier molecular flexibility index (Phi) is 6.71. The summed E-state index contributed by atoms with van der Waals surface area (Å²) in [7, 11) is 0. The molecule has 1 amide bonds. The molecule has 0 unspecified atom stereocenters. The van der Waals surface area contributed by atoms with Gasteiger partial charge in [0.1, 0.15) is 11.6 Å². The lowest BCUT2D eigenvalue weighted by Gasteiger charge is -2.08. The van der Waals surface area contributed by atoms with Gasteiger partial charge >= 0.3 is 0 Å². The van der Waals surface area contributed by atoms with Crippen LogP contribution < -0.4 is 10.1 Å². The predicted octanol–water partition coefficient (Wildman–Crippen LogP) is 4.38. The Morgan fingerprint density at radius 2 is 1.79 bits per heavy atom. The van der Waals surface area contributed by atoms with E-state index in [-0.39, 0.29) is 11.7 Å². The van der Waals surface area contributed by atoms with Crippen molar-refractivity contribution < 1.29 is 13.9 Å². The van der Waals surface area contributed by atoms with Gasteiger partial charge < -0.3 is 10.1 Å². The lowest BCUT2D eigenvalue weighted by atomic mass is 10.1. The van der Waals surface area contributed by atoms with Gasteiger partial charge in [-0.3, -0.25) is 4.79 Å². The smallest absolute Gasteiger partial charge is 0.298 e. The highest BCUT2D eigenvalue weighted by Gasteiger charge is 2.09. The molecule has 3 aromatic rings. The molecule has 3 rings (SSSR count). The Hall–Kier alpha value is -2.80. The van der Waals surface area contributed by atoms with E-state index in [1.54, 1.807) is 12.1 Å². The third-order valence-corrected chi connectivity index (χ3v) is 4.56. The first-order valence-corrected chi connectivity index (χ1v) is 9.86.